The zero-order valence-corrected chi connectivity index (χ0v) is 18.7. The van der Waals surface area contributed by atoms with E-state index in [4.69, 9.17) is 21.4 Å². The number of ether oxygens (including phenoxy) is 1. The molecule has 9 nitrogen and oxygen atoms in total. The van der Waals surface area contributed by atoms with Crippen molar-refractivity contribution in [2.75, 3.05) is 6.61 Å². The monoisotopic (exact) mass is 473 g/mol. The van der Waals surface area contributed by atoms with Crippen LogP contribution in [0.15, 0.2) is 46.1 Å². The third kappa shape index (κ3) is 4.39. The Kier molecular flexibility index (Phi) is 6.30. The molecule has 1 N–H and O–H groups in total. The first-order valence-corrected chi connectivity index (χ1v) is 10.5. The molecule has 0 atom stereocenters. The molecule has 4 rings (SSSR count). The molecule has 0 aliphatic heterocycles. The van der Waals surface area contributed by atoms with Gasteiger partial charge in [0.15, 0.2) is 11.2 Å². The maximum Gasteiger partial charge on any atom is 0.332 e. The van der Waals surface area contributed by atoms with Gasteiger partial charge in [0.25, 0.3) is 5.56 Å². The van der Waals surface area contributed by atoms with Gasteiger partial charge in [0.05, 0.1) is 17.3 Å². The van der Waals surface area contributed by atoms with Crippen LogP contribution in [0.5, 0.6) is 11.8 Å². The Morgan fingerprint density at radius 3 is 2.64 bits per heavy atom. The third-order valence-corrected chi connectivity index (χ3v) is 5.42. The van der Waals surface area contributed by atoms with Crippen LogP contribution in [0.2, 0.25) is 5.02 Å². The number of hydrogen-bond donors (Lipinski definition) is 1. The molecule has 0 unspecified atom stereocenters. The Morgan fingerprint density at radius 2 is 1.97 bits per heavy atom. The first kappa shape index (κ1) is 22.7. The van der Waals surface area contributed by atoms with Crippen LogP contribution in [-0.2, 0) is 20.1 Å². The summed E-state index contributed by atoms with van der Waals surface area (Å²) in [6.07, 6.45) is 1.71. The van der Waals surface area contributed by atoms with Crippen LogP contribution in [-0.4, -0.2) is 35.4 Å². The average molecular weight is 474 g/mol. The maximum atomic E-state index is 14.1. The second-order valence-electron chi connectivity index (χ2n) is 7.51. The number of aliphatic hydroxyl groups excluding tert-OH is 1. The second kappa shape index (κ2) is 9.16. The Morgan fingerprint density at radius 1 is 1.18 bits per heavy atom. The number of nitrogens with zero attached hydrogens (tertiary/aromatic N) is 5. The lowest BCUT2D eigenvalue weighted by atomic mass is 10.2. The molecular weight excluding hydrogens is 453 g/mol. The van der Waals surface area contributed by atoms with Crippen LogP contribution < -0.4 is 16.0 Å². The molecule has 0 bridgehead atoms. The van der Waals surface area contributed by atoms with E-state index < -0.39 is 17.1 Å². The molecule has 11 heteroatoms. The van der Waals surface area contributed by atoms with Crippen LogP contribution in [0.4, 0.5) is 4.39 Å². The van der Waals surface area contributed by atoms with Gasteiger partial charge in [-0.05, 0) is 37.1 Å². The fraction of sp³-hybridized carbons (Fsp3) is 0.273. The molecule has 0 fully saturated rings. The minimum Gasteiger partial charge on any atom is -0.425 e. The molecule has 4 aromatic rings. The van der Waals surface area contributed by atoms with Gasteiger partial charge in [-0.25, -0.2) is 9.18 Å². The van der Waals surface area contributed by atoms with Crippen LogP contribution in [0.1, 0.15) is 17.7 Å². The zero-order chi connectivity index (χ0) is 23.7. The van der Waals surface area contributed by atoms with E-state index in [2.05, 4.69) is 9.97 Å². The lowest BCUT2D eigenvalue weighted by molar-refractivity contribution is 0.277. The molecule has 0 amide bonds. The molecule has 3 heterocycles. The van der Waals surface area contributed by atoms with Crippen LogP contribution in [0.25, 0.3) is 11.2 Å². The minimum atomic E-state index is -0.576. The number of hydrogen-bond acceptors (Lipinski definition) is 6. The number of aliphatic hydroxyl groups is 1. The highest BCUT2D eigenvalue weighted by Gasteiger charge is 2.22. The molecule has 0 aliphatic carbocycles. The summed E-state index contributed by atoms with van der Waals surface area (Å²) in [6.45, 7) is 1.59. The predicted molar refractivity (Wildman–Crippen MR) is 120 cm³/mol. The van der Waals surface area contributed by atoms with Gasteiger partial charge < -0.3 is 9.84 Å². The fourth-order valence-electron chi connectivity index (χ4n) is 3.41. The van der Waals surface area contributed by atoms with Gasteiger partial charge in [-0.15, -0.1) is 0 Å². The van der Waals surface area contributed by atoms with Crippen molar-refractivity contribution < 1.29 is 14.2 Å². The van der Waals surface area contributed by atoms with E-state index in [-0.39, 0.29) is 49.0 Å². The zero-order valence-electron chi connectivity index (χ0n) is 18.0. The standard InChI is InChI=1S/C22H21ClFN5O4/c1-13-4-7-16(10-17(13)24)33-21-26-19-18(29(21)12-15-6-5-14(23)11-25-15)20(31)28(8-3-9-30)22(32)27(19)2/h4-7,10-11,30H,3,8-9,12H2,1-2H3. The Labute approximate surface area is 192 Å². The first-order chi connectivity index (χ1) is 15.8. The molecule has 0 saturated carbocycles. The van der Waals surface area contributed by atoms with E-state index in [0.29, 0.717) is 16.3 Å². The maximum absolute atomic E-state index is 14.1. The Bertz CT molecular complexity index is 1440. The number of benzene rings is 1. The van der Waals surface area contributed by atoms with Crippen molar-refractivity contribution in [1.29, 1.82) is 0 Å². The first-order valence-electron chi connectivity index (χ1n) is 10.2. The largest absolute Gasteiger partial charge is 0.425 e. The van der Waals surface area contributed by atoms with E-state index in [1.54, 1.807) is 31.2 Å². The molecule has 172 valence electrons. The van der Waals surface area contributed by atoms with Crippen molar-refractivity contribution >= 4 is 22.8 Å². The van der Waals surface area contributed by atoms with Crippen molar-refractivity contribution in [1.82, 2.24) is 23.7 Å². The van der Waals surface area contributed by atoms with E-state index in [1.165, 1.54) is 28.4 Å². The smallest absolute Gasteiger partial charge is 0.332 e. The van der Waals surface area contributed by atoms with Gasteiger partial charge in [0.1, 0.15) is 11.6 Å². The van der Waals surface area contributed by atoms with E-state index in [9.17, 15) is 14.0 Å². The summed E-state index contributed by atoms with van der Waals surface area (Å²) >= 11 is 5.93. The summed E-state index contributed by atoms with van der Waals surface area (Å²) in [5.41, 5.74) is 0.108. The average Bonchev–Trinajstić information content (AvgIpc) is 3.14. The number of pyridine rings is 1. The predicted octanol–water partition coefficient (Wildman–Crippen LogP) is 2.62. The van der Waals surface area contributed by atoms with Crippen molar-refractivity contribution in [3.8, 4) is 11.8 Å². The fourth-order valence-corrected chi connectivity index (χ4v) is 3.52. The molecule has 1 aromatic carbocycles. The number of rotatable bonds is 7. The molecule has 0 saturated heterocycles. The topological polar surface area (TPSA) is 104 Å². The summed E-state index contributed by atoms with van der Waals surface area (Å²) in [5, 5.41) is 9.62. The van der Waals surface area contributed by atoms with Gasteiger partial charge in [0, 0.05) is 32.5 Å². The molecule has 33 heavy (non-hydrogen) atoms. The van der Waals surface area contributed by atoms with Crippen molar-refractivity contribution in [2.24, 2.45) is 7.05 Å². The summed E-state index contributed by atoms with van der Waals surface area (Å²) in [6, 6.07) is 7.72. The number of halogens is 2. The number of aryl methyl sites for hydroxylation is 2. The van der Waals surface area contributed by atoms with Gasteiger partial charge in [-0.3, -0.25) is 23.5 Å². The van der Waals surface area contributed by atoms with Crippen LogP contribution in [0, 0.1) is 12.7 Å². The third-order valence-electron chi connectivity index (χ3n) is 5.20. The van der Waals surface area contributed by atoms with Crippen molar-refractivity contribution in [3.05, 3.63) is 79.5 Å². The number of imidazole rings is 1. The Hall–Kier alpha value is -3.50. The van der Waals surface area contributed by atoms with Crippen LogP contribution in [0.3, 0.4) is 0 Å². The van der Waals surface area contributed by atoms with E-state index in [1.807, 2.05) is 0 Å². The summed E-state index contributed by atoms with van der Waals surface area (Å²) in [5.74, 6) is -0.266. The number of aromatic nitrogens is 5. The van der Waals surface area contributed by atoms with Gasteiger partial charge >= 0.3 is 11.7 Å². The normalized spacial score (nSPS) is 11.3. The molecular formula is C22H21ClFN5O4. The molecule has 3 aromatic heterocycles. The second-order valence-corrected chi connectivity index (χ2v) is 7.95. The van der Waals surface area contributed by atoms with E-state index in [0.717, 1.165) is 4.57 Å². The highest BCUT2D eigenvalue weighted by atomic mass is 35.5. The summed E-state index contributed by atoms with van der Waals surface area (Å²) < 4.78 is 23.7. The SMILES string of the molecule is Cc1ccc(Oc2nc3c(c(=O)n(CCCO)c(=O)n3C)n2Cc2ccc(Cl)cn2)cc1F. The molecule has 0 aliphatic rings. The molecule has 0 radical (unpaired) electrons. The summed E-state index contributed by atoms with van der Waals surface area (Å²) in [4.78, 5) is 34.7. The molecule has 0 spiro atoms. The van der Waals surface area contributed by atoms with Crippen molar-refractivity contribution in [2.45, 2.75) is 26.4 Å². The highest BCUT2D eigenvalue weighted by Crippen LogP contribution is 2.26. The van der Waals surface area contributed by atoms with Gasteiger partial charge in [0.2, 0.25) is 0 Å². The number of fused-ring (bicyclic) bond motifs is 1. The highest BCUT2D eigenvalue weighted by molar-refractivity contribution is 6.30. The van der Waals surface area contributed by atoms with E-state index >= 15 is 0 Å². The minimum absolute atomic E-state index is 0.00277. The quantitative estimate of drug-likeness (QED) is 0.442. The van der Waals surface area contributed by atoms with Gasteiger partial charge in [-0.1, -0.05) is 17.7 Å². The van der Waals surface area contributed by atoms with Crippen molar-refractivity contribution in [3.63, 3.8) is 0 Å². The lowest BCUT2D eigenvalue weighted by Crippen LogP contribution is -2.39. The van der Waals surface area contributed by atoms with Crippen LogP contribution >= 0.6 is 11.6 Å². The Balaban J connectivity index is 1.93. The summed E-state index contributed by atoms with van der Waals surface area (Å²) in [7, 11) is 1.49. The lowest BCUT2D eigenvalue weighted by Gasteiger charge is -2.11. The van der Waals surface area contributed by atoms with Gasteiger partial charge in [-0.2, -0.15) is 4.98 Å².